The van der Waals surface area contributed by atoms with E-state index >= 15 is 0 Å². The van der Waals surface area contributed by atoms with Crippen molar-refractivity contribution in [1.82, 2.24) is 4.72 Å². The summed E-state index contributed by atoms with van der Waals surface area (Å²) in [6.45, 7) is 0. The molecule has 33 heavy (non-hydrogen) atoms. The first-order chi connectivity index (χ1) is 15.7. The quantitative estimate of drug-likeness (QED) is 0.162. The van der Waals surface area contributed by atoms with Gasteiger partial charge in [-0.3, -0.25) is 10.2 Å². The number of nitrogen functional groups attached to an aromatic ring is 1. The summed E-state index contributed by atoms with van der Waals surface area (Å²) in [6.07, 6.45) is -0.0256. The van der Waals surface area contributed by atoms with Crippen molar-refractivity contribution in [2.24, 2.45) is 5.73 Å². The summed E-state index contributed by atoms with van der Waals surface area (Å²) in [5.41, 5.74) is 6.62. The molecule has 10 heteroatoms. The van der Waals surface area contributed by atoms with Crippen molar-refractivity contribution >= 4 is 27.8 Å². The van der Waals surface area contributed by atoms with Gasteiger partial charge in [0.2, 0.25) is 10.0 Å². The van der Waals surface area contributed by atoms with E-state index in [1.807, 2.05) is 0 Å². The molecule has 0 amide bonds. The molecular formula is C23H21N3O6S. The van der Waals surface area contributed by atoms with Gasteiger partial charge >= 0.3 is 11.9 Å². The van der Waals surface area contributed by atoms with Crippen LogP contribution in [-0.4, -0.2) is 37.3 Å². The van der Waals surface area contributed by atoms with E-state index < -0.39 is 28.0 Å². The molecule has 3 aromatic carbocycles. The van der Waals surface area contributed by atoms with E-state index in [2.05, 4.69) is 4.72 Å². The lowest BCUT2D eigenvalue weighted by Crippen LogP contribution is -2.42. The minimum absolute atomic E-state index is 0.0256. The van der Waals surface area contributed by atoms with Crippen LogP contribution in [0.2, 0.25) is 0 Å². The largest absolute Gasteiger partial charge is 0.480 e. The van der Waals surface area contributed by atoms with E-state index in [1.165, 1.54) is 48.5 Å². The fraction of sp³-hybridized carbons (Fsp3) is 0.0870. The zero-order valence-electron chi connectivity index (χ0n) is 17.3. The van der Waals surface area contributed by atoms with Gasteiger partial charge in [-0.25, -0.2) is 13.2 Å². The van der Waals surface area contributed by atoms with Gasteiger partial charge in [-0.05, 0) is 60.5 Å². The average molecular weight is 468 g/mol. The van der Waals surface area contributed by atoms with Gasteiger partial charge in [0.1, 0.15) is 17.6 Å². The molecule has 0 bridgehead atoms. The highest BCUT2D eigenvalue weighted by atomic mass is 32.2. The van der Waals surface area contributed by atoms with Gasteiger partial charge in [0.25, 0.3) is 0 Å². The monoisotopic (exact) mass is 467 g/mol. The zero-order valence-corrected chi connectivity index (χ0v) is 18.1. The van der Waals surface area contributed by atoms with Crippen molar-refractivity contribution in [2.75, 3.05) is 0 Å². The van der Waals surface area contributed by atoms with Gasteiger partial charge in [-0.1, -0.05) is 30.3 Å². The van der Waals surface area contributed by atoms with Crippen molar-refractivity contribution in [3.05, 3.63) is 95.6 Å². The minimum Gasteiger partial charge on any atom is -0.480 e. The summed E-state index contributed by atoms with van der Waals surface area (Å²) in [7, 11) is -4.15. The molecule has 1 unspecified atom stereocenters. The number of carbonyl (C=O) groups excluding carboxylic acids is 1. The maximum Gasteiger partial charge on any atom is 0.343 e. The van der Waals surface area contributed by atoms with Crippen LogP contribution in [0.5, 0.6) is 5.75 Å². The van der Waals surface area contributed by atoms with Crippen molar-refractivity contribution in [3.8, 4) is 5.75 Å². The summed E-state index contributed by atoms with van der Waals surface area (Å²) < 4.78 is 32.8. The first-order valence-corrected chi connectivity index (χ1v) is 11.2. The highest BCUT2D eigenvalue weighted by Crippen LogP contribution is 2.17. The number of nitrogens with two attached hydrogens (primary N) is 1. The molecule has 0 aliphatic heterocycles. The number of hydrogen-bond donors (Lipinski definition) is 4. The Morgan fingerprint density at radius 2 is 1.52 bits per heavy atom. The normalized spacial score (nSPS) is 12.0. The molecule has 0 aliphatic rings. The first kappa shape index (κ1) is 23.6. The molecule has 3 aromatic rings. The number of amidine groups is 1. The maximum atomic E-state index is 12.7. The molecule has 0 saturated carbocycles. The van der Waals surface area contributed by atoms with Gasteiger partial charge in [-0.15, -0.1) is 0 Å². The summed E-state index contributed by atoms with van der Waals surface area (Å²) >= 11 is 0. The van der Waals surface area contributed by atoms with Crippen molar-refractivity contribution < 1.29 is 27.9 Å². The molecule has 3 rings (SSSR count). The third-order valence-electron chi connectivity index (χ3n) is 4.65. The molecule has 0 radical (unpaired) electrons. The molecule has 9 nitrogen and oxygen atoms in total. The van der Waals surface area contributed by atoms with Gasteiger partial charge in [-0.2, -0.15) is 4.72 Å². The predicted molar refractivity (Wildman–Crippen MR) is 121 cm³/mol. The van der Waals surface area contributed by atoms with Crippen LogP contribution in [0.3, 0.4) is 0 Å². The molecule has 0 aliphatic carbocycles. The maximum absolute atomic E-state index is 12.7. The van der Waals surface area contributed by atoms with E-state index in [0.717, 1.165) is 0 Å². The van der Waals surface area contributed by atoms with Crippen LogP contribution in [0, 0.1) is 5.41 Å². The predicted octanol–water partition coefficient (Wildman–Crippen LogP) is 2.16. The SMILES string of the molecule is N=C(N)c1ccc(OC(=O)c2ccc(S(=O)(=O)NC(Cc3ccccc3)C(=O)O)cc2)cc1. The first-order valence-electron chi connectivity index (χ1n) is 9.71. The lowest BCUT2D eigenvalue weighted by Gasteiger charge is -2.15. The molecule has 0 aromatic heterocycles. The van der Waals surface area contributed by atoms with E-state index in [4.69, 9.17) is 15.9 Å². The van der Waals surface area contributed by atoms with E-state index in [1.54, 1.807) is 30.3 Å². The molecule has 0 fully saturated rings. The molecule has 0 heterocycles. The van der Waals surface area contributed by atoms with Crippen LogP contribution >= 0.6 is 0 Å². The second-order valence-electron chi connectivity index (χ2n) is 7.05. The smallest absolute Gasteiger partial charge is 0.343 e. The van der Waals surface area contributed by atoms with E-state index in [9.17, 15) is 23.1 Å². The van der Waals surface area contributed by atoms with Crippen LogP contribution in [0.15, 0.2) is 83.8 Å². The van der Waals surface area contributed by atoms with Crippen LogP contribution in [0.1, 0.15) is 21.5 Å². The number of carbonyl (C=O) groups is 2. The summed E-state index contributed by atoms with van der Waals surface area (Å²) in [5, 5.41) is 16.8. The Hall–Kier alpha value is -4.02. The van der Waals surface area contributed by atoms with Crippen LogP contribution in [0.4, 0.5) is 0 Å². The Balaban J connectivity index is 1.70. The fourth-order valence-corrected chi connectivity index (χ4v) is 4.11. The number of esters is 1. The van der Waals surface area contributed by atoms with Gasteiger partial charge in [0.15, 0.2) is 0 Å². The number of aliphatic carboxylic acids is 1. The Labute approximate surface area is 190 Å². The summed E-state index contributed by atoms with van der Waals surface area (Å²) in [5.74, 6) is -1.91. The number of rotatable bonds is 9. The number of hydrogen-bond acceptors (Lipinski definition) is 6. The lowest BCUT2D eigenvalue weighted by molar-refractivity contribution is -0.138. The highest BCUT2D eigenvalue weighted by molar-refractivity contribution is 7.89. The van der Waals surface area contributed by atoms with Gasteiger partial charge in [0, 0.05) is 5.56 Å². The lowest BCUT2D eigenvalue weighted by atomic mass is 10.1. The van der Waals surface area contributed by atoms with Crippen molar-refractivity contribution in [3.63, 3.8) is 0 Å². The van der Waals surface area contributed by atoms with Crippen molar-refractivity contribution in [1.29, 1.82) is 5.41 Å². The third-order valence-corrected chi connectivity index (χ3v) is 6.14. The van der Waals surface area contributed by atoms with Crippen LogP contribution in [0.25, 0.3) is 0 Å². The van der Waals surface area contributed by atoms with Crippen molar-refractivity contribution in [2.45, 2.75) is 17.4 Å². The van der Waals surface area contributed by atoms with Crippen LogP contribution < -0.4 is 15.2 Å². The molecular weight excluding hydrogens is 446 g/mol. The Morgan fingerprint density at radius 3 is 2.06 bits per heavy atom. The fourth-order valence-electron chi connectivity index (χ4n) is 2.92. The second kappa shape index (κ2) is 10.1. The Morgan fingerprint density at radius 1 is 0.939 bits per heavy atom. The number of sulfonamides is 1. The van der Waals surface area contributed by atoms with E-state index in [0.29, 0.717) is 11.1 Å². The number of benzene rings is 3. The van der Waals surface area contributed by atoms with Crippen LogP contribution in [-0.2, 0) is 21.2 Å². The summed E-state index contributed by atoms with van der Waals surface area (Å²) in [6, 6.07) is 18.2. The standard InChI is InChI=1S/C23H21N3O6S/c24-21(25)16-6-10-18(11-7-16)32-23(29)17-8-12-19(13-9-17)33(30,31)26-20(22(27)28)14-15-4-2-1-3-5-15/h1-13,20,26H,14H2,(H3,24,25)(H,27,28). The third kappa shape index (κ3) is 6.25. The minimum atomic E-state index is -4.15. The molecule has 5 N–H and O–H groups in total. The Bertz CT molecular complexity index is 1260. The summed E-state index contributed by atoms with van der Waals surface area (Å²) in [4.78, 5) is 23.7. The Kier molecular flexibility index (Phi) is 7.21. The van der Waals surface area contributed by atoms with E-state index in [-0.39, 0.29) is 28.5 Å². The molecule has 0 spiro atoms. The average Bonchev–Trinajstić information content (AvgIpc) is 2.79. The number of carboxylic acid groups (broad SMARTS) is 1. The molecule has 1 atom stereocenters. The number of nitrogens with one attached hydrogen (secondary N) is 2. The van der Waals surface area contributed by atoms with Gasteiger partial charge in [0.05, 0.1) is 10.5 Å². The zero-order chi connectivity index (χ0) is 24.0. The molecule has 170 valence electrons. The number of ether oxygens (including phenoxy) is 1. The number of carboxylic acids is 1. The molecule has 0 saturated heterocycles. The van der Waals surface area contributed by atoms with Gasteiger partial charge < -0.3 is 15.6 Å². The topological polar surface area (TPSA) is 160 Å². The second-order valence-corrected chi connectivity index (χ2v) is 8.77. The highest BCUT2D eigenvalue weighted by Gasteiger charge is 2.26.